The van der Waals surface area contributed by atoms with E-state index >= 15 is 0 Å². The molecule has 2 aromatic rings. The van der Waals surface area contributed by atoms with Crippen LogP contribution in [0.4, 0.5) is 0 Å². The monoisotopic (exact) mass is 331 g/mol. The summed E-state index contributed by atoms with van der Waals surface area (Å²) < 4.78 is 10.4. The fraction of sp³-hybridized carbons (Fsp3) is 0.562. The lowest BCUT2D eigenvalue weighted by Gasteiger charge is -2.33. The highest BCUT2D eigenvalue weighted by molar-refractivity contribution is 5.78. The van der Waals surface area contributed by atoms with Gasteiger partial charge in [0.2, 0.25) is 5.91 Å². The standard InChI is InChI=1S/C16H21N5O3/c1-11-7-13(18-10-17-11)3-4-14-9-21(5-6-23-14)16(22)8-15-12(2)19-24-20-15/h7,10,14H,3-6,8-9H2,1-2H3/t14-/m0/s1. The van der Waals surface area contributed by atoms with Crippen molar-refractivity contribution in [3.05, 3.63) is 35.2 Å². The maximum absolute atomic E-state index is 12.4. The molecule has 1 aliphatic rings. The van der Waals surface area contributed by atoms with Crippen LogP contribution in [-0.2, 0) is 22.4 Å². The van der Waals surface area contributed by atoms with E-state index in [0.717, 1.165) is 24.2 Å². The Labute approximate surface area is 140 Å². The highest BCUT2D eigenvalue weighted by Crippen LogP contribution is 2.14. The number of aromatic nitrogens is 4. The molecule has 0 aliphatic carbocycles. The first-order valence-electron chi connectivity index (χ1n) is 8.07. The Morgan fingerprint density at radius 1 is 1.33 bits per heavy atom. The fourth-order valence-corrected chi connectivity index (χ4v) is 2.74. The largest absolute Gasteiger partial charge is 0.375 e. The number of carbonyl (C=O) groups excluding carboxylic acids is 1. The van der Waals surface area contributed by atoms with Gasteiger partial charge in [0.15, 0.2) is 0 Å². The second-order valence-electron chi connectivity index (χ2n) is 6.00. The number of rotatable bonds is 5. The lowest BCUT2D eigenvalue weighted by Crippen LogP contribution is -2.46. The van der Waals surface area contributed by atoms with E-state index in [0.29, 0.717) is 31.1 Å². The molecule has 3 rings (SSSR count). The van der Waals surface area contributed by atoms with Crippen LogP contribution in [-0.4, -0.2) is 56.9 Å². The van der Waals surface area contributed by atoms with Crippen LogP contribution in [0.25, 0.3) is 0 Å². The highest BCUT2D eigenvalue weighted by Gasteiger charge is 2.25. The SMILES string of the molecule is Cc1cc(CC[C@H]2CN(C(=O)Cc3nonc3C)CCO2)ncn1. The van der Waals surface area contributed by atoms with Gasteiger partial charge in [-0.25, -0.2) is 14.6 Å². The summed E-state index contributed by atoms with van der Waals surface area (Å²) in [4.78, 5) is 22.6. The number of nitrogens with zero attached hydrogens (tertiary/aromatic N) is 5. The molecule has 0 aromatic carbocycles. The Morgan fingerprint density at radius 3 is 2.96 bits per heavy atom. The maximum Gasteiger partial charge on any atom is 0.228 e. The van der Waals surface area contributed by atoms with E-state index in [2.05, 4.69) is 24.9 Å². The van der Waals surface area contributed by atoms with Crippen LogP contribution in [0.5, 0.6) is 0 Å². The Morgan fingerprint density at radius 2 is 2.21 bits per heavy atom. The predicted molar refractivity (Wildman–Crippen MR) is 84.1 cm³/mol. The van der Waals surface area contributed by atoms with Gasteiger partial charge in [0.25, 0.3) is 0 Å². The zero-order chi connectivity index (χ0) is 16.9. The minimum atomic E-state index is 0.0227. The highest BCUT2D eigenvalue weighted by atomic mass is 16.6. The van der Waals surface area contributed by atoms with Crippen LogP contribution in [0.3, 0.4) is 0 Å². The van der Waals surface area contributed by atoms with E-state index in [1.165, 1.54) is 0 Å². The molecule has 1 fully saturated rings. The number of carbonyl (C=O) groups is 1. The van der Waals surface area contributed by atoms with Gasteiger partial charge >= 0.3 is 0 Å². The van der Waals surface area contributed by atoms with Crippen molar-refractivity contribution in [3.8, 4) is 0 Å². The van der Waals surface area contributed by atoms with Crippen LogP contribution in [0.2, 0.25) is 0 Å². The van der Waals surface area contributed by atoms with Gasteiger partial charge in [-0.2, -0.15) is 0 Å². The van der Waals surface area contributed by atoms with Crippen LogP contribution < -0.4 is 0 Å². The molecule has 0 spiro atoms. The quantitative estimate of drug-likeness (QED) is 0.802. The van der Waals surface area contributed by atoms with Crippen molar-refractivity contribution in [2.75, 3.05) is 19.7 Å². The number of hydrogen-bond donors (Lipinski definition) is 0. The van der Waals surface area contributed by atoms with Gasteiger partial charge in [0, 0.05) is 24.5 Å². The predicted octanol–water partition coefficient (Wildman–Crippen LogP) is 0.879. The van der Waals surface area contributed by atoms with Gasteiger partial charge in [-0.05, 0) is 32.8 Å². The van der Waals surface area contributed by atoms with Gasteiger partial charge in [0.05, 0.1) is 19.1 Å². The number of ether oxygens (including phenoxy) is 1. The molecule has 24 heavy (non-hydrogen) atoms. The molecule has 128 valence electrons. The number of morpholine rings is 1. The molecule has 8 nitrogen and oxygen atoms in total. The smallest absolute Gasteiger partial charge is 0.228 e. The molecule has 0 N–H and O–H groups in total. The van der Waals surface area contributed by atoms with Crippen LogP contribution >= 0.6 is 0 Å². The molecule has 1 saturated heterocycles. The molecule has 1 amide bonds. The average molecular weight is 331 g/mol. The minimum Gasteiger partial charge on any atom is -0.375 e. The van der Waals surface area contributed by atoms with Gasteiger partial charge in [-0.3, -0.25) is 4.79 Å². The van der Waals surface area contributed by atoms with Crippen molar-refractivity contribution < 1.29 is 14.2 Å². The van der Waals surface area contributed by atoms with Crippen LogP contribution in [0, 0.1) is 13.8 Å². The first-order chi connectivity index (χ1) is 11.6. The van der Waals surface area contributed by atoms with Crippen molar-refractivity contribution in [1.29, 1.82) is 0 Å². The third-order valence-electron chi connectivity index (χ3n) is 4.14. The molecular weight excluding hydrogens is 310 g/mol. The lowest BCUT2D eigenvalue weighted by atomic mass is 10.1. The zero-order valence-electron chi connectivity index (χ0n) is 13.9. The molecule has 8 heteroatoms. The van der Waals surface area contributed by atoms with Crippen molar-refractivity contribution in [2.24, 2.45) is 0 Å². The summed E-state index contributed by atoms with van der Waals surface area (Å²) in [5.74, 6) is 0.0278. The van der Waals surface area contributed by atoms with Crippen molar-refractivity contribution >= 4 is 5.91 Å². The Bertz CT molecular complexity index is 703. The average Bonchev–Trinajstić information content (AvgIpc) is 2.98. The van der Waals surface area contributed by atoms with Crippen LogP contribution in [0.15, 0.2) is 17.0 Å². The molecule has 0 bridgehead atoms. The number of aryl methyl sites for hydroxylation is 3. The summed E-state index contributed by atoms with van der Waals surface area (Å²) in [7, 11) is 0. The fourth-order valence-electron chi connectivity index (χ4n) is 2.74. The van der Waals surface area contributed by atoms with Crippen molar-refractivity contribution in [1.82, 2.24) is 25.2 Å². The lowest BCUT2D eigenvalue weighted by molar-refractivity contribution is -0.138. The number of hydrogen-bond acceptors (Lipinski definition) is 7. The second kappa shape index (κ2) is 7.48. The van der Waals surface area contributed by atoms with E-state index in [9.17, 15) is 4.79 Å². The summed E-state index contributed by atoms with van der Waals surface area (Å²) in [6, 6.07) is 1.98. The van der Waals surface area contributed by atoms with Crippen molar-refractivity contribution in [2.45, 2.75) is 39.2 Å². The van der Waals surface area contributed by atoms with Gasteiger partial charge in [-0.15, -0.1) is 0 Å². The van der Waals surface area contributed by atoms with Crippen LogP contribution in [0.1, 0.15) is 29.2 Å². The minimum absolute atomic E-state index is 0.0227. The molecule has 0 radical (unpaired) electrons. The Hall–Kier alpha value is -2.35. The third kappa shape index (κ3) is 4.14. The van der Waals surface area contributed by atoms with E-state index < -0.39 is 0 Å². The zero-order valence-corrected chi connectivity index (χ0v) is 13.9. The Kier molecular flexibility index (Phi) is 5.14. The normalized spacial score (nSPS) is 17.9. The third-order valence-corrected chi connectivity index (χ3v) is 4.14. The molecule has 1 atom stereocenters. The molecule has 0 unspecified atom stereocenters. The van der Waals surface area contributed by atoms with Gasteiger partial charge in [0.1, 0.15) is 17.7 Å². The Balaban J connectivity index is 1.52. The van der Waals surface area contributed by atoms with Gasteiger partial charge < -0.3 is 9.64 Å². The summed E-state index contributed by atoms with van der Waals surface area (Å²) in [5, 5.41) is 7.48. The molecular formula is C16H21N5O3. The molecule has 1 aliphatic heterocycles. The maximum atomic E-state index is 12.4. The molecule has 0 saturated carbocycles. The molecule has 2 aromatic heterocycles. The summed E-state index contributed by atoms with van der Waals surface area (Å²) in [6.45, 7) is 5.48. The number of amides is 1. The van der Waals surface area contributed by atoms with E-state index in [1.807, 2.05) is 17.9 Å². The molecule has 3 heterocycles. The summed E-state index contributed by atoms with van der Waals surface area (Å²) in [6.07, 6.45) is 3.45. The van der Waals surface area contributed by atoms with Crippen molar-refractivity contribution in [3.63, 3.8) is 0 Å². The van der Waals surface area contributed by atoms with E-state index in [1.54, 1.807) is 13.3 Å². The summed E-state index contributed by atoms with van der Waals surface area (Å²) >= 11 is 0. The summed E-state index contributed by atoms with van der Waals surface area (Å²) in [5.41, 5.74) is 3.21. The first kappa shape index (κ1) is 16.5. The van der Waals surface area contributed by atoms with E-state index in [4.69, 9.17) is 4.74 Å². The second-order valence-corrected chi connectivity index (χ2v) is 6.00. The van der Waals surface area contributed by atoms with E-state index in [-0.39, 0.29) is 18.4 Å². The topological polar surface area (TPSA) is 94.2 Å². The van der Waals surface area contributed by atoms with Gasteiger partial charge in [-0.1, -0.05) is 10.3 Å². The first-order valence-corrected chi connectivity index (χ1v) is 8.07.